The molecule has 1 fully saturated rings. The van der Waals surface area contributed by atoms with Crippen LogP contribution in [0.2, 0.25) is 0 Å². The molecule has 3 aromatic rings. The number of aliphatic hydroxyl groups is 1. The zero-order chi connectivity index (χ0) is 26.0. The van der Waals surface area contributed by atoms with Crippen LogP contribution in [0.1, 0.15) is 41.6 Å². The van der Waals surface area contributed by atoms with Gasteiger partial charge in [0.2, 0.25) is 0 Å². The molecule has 36 heavy (non-hydrogen) atoms. The van der Waals surface area contributed by atoms with Crippen molar-refractivity contribution in [1.29, 1.82) is 0 Å². The molecule has 3 aromatic carbocycles. The van der Waals surface area contributed by atoms with Crippen LogP contribution in [0.15, 0.2) is 78.4 Å². The normalized spacial score (nSPS) is 17.5. The molecular formula is C28H24F3NO4. The summed E-state index contributed by atoms with van der Waals surface area (Å²) in [5, 5.41) is 11.3. The van der Waals surface area contributed by atoms with E-state index in [9.17, 15) is 27.9 Å². The number of aliphatic hydroxyl groups excluding tert-OH is 1. The van der Waals surface area contributed by atoms with E-state index in [0.717, 1.165) is 41.1 Å². The van der Waals surface area contributed by atoms with Gasteiger partial charge < -0.3 is 9.84 Å². The van der Waals surface area contributed by atoms with Crippen molar-refractivity contribution in [3.8, 4) is 5.75 Å². The zero-order valence-electron chi connectivity index (χ0n) is 19.7. The highest BCUT2D eigenvalue weighted by Gasteiger charge is 2.47. The Morgan fingerprint density at radius 1 is 1.00 bits per heavy atom. The quantitative estimate of drug-likeness (QED) is 0.243. The van der Waals surface area contributed by atoms with Crippen LogP contribution in [0, 0.1) is 6.92 Å². The maximum Gasteiger partial charge on any atom is 0.416 e. The van der Waals surface area contributed by atoms with Crippen LogP contribution in [-0.4, -0.2) is 23.4 Å². The van der Waals surface area contributed by atoms with E-state index in [1.807, 2.05) is 19.9 Å². The minimum atomic E-state index is -4.55. The summed E-state index contributed by atoms with van der Waals surface area (Å²) in [5.41, 5.74) is 0.744. The van der Waals surface area contributed by atoms with Crippen LogP contribution in [0.3, 0.4) is 0 Å². The summed E-state index contributed by atoms with van der Waals surface area (Å²) >= 11 is 0. The highest BCUT2D eigenvalue weighted by Crippen LogP contribution is 2.43. The van der Waals surface area contributed by atoms with Crippen molar-refractivity contribution in [2.75, 3.05) is 11.5 Å². The molecule has 5 nitrogen and oxygen atoms in total. The van der Waals surface area contributed by atoms with Gasteiger partial charge >= 0.3 is 6.18 Å². The third-order valence-corrected chi connectivity index (χ3v) is 5.86. The second kappa shape index (κ2) is 9.89. The third-order valence-electron chi connectivity index (χ3n) is 5.86. The van der Waals surface area contributed by atoms with E-state index in [1.165, 1.54) is 0 Å². The molecule has 1 N–H and O–H groups in total. The van der Waals surface area contributed by atoms with Crippen molar-refractivity contribution in [1.82, 2.24) is 0 Å². The van der Waals surface area contributed by atoms with Gasteiger partial charge in [-0.1, -0.05) is 48.9 Å². The Labute approximate surface area is 206 Å². The van der Waals surface area contributed by atoms with Crippen molar-refractivity contribution in [3.63, 3.8) is 0 Å². The van der Waals surface area contributed by atoms with Crippen LogP contribution >= 0.6 is 0 Å². The molecule has 1 amide bonds. The fourth-order valence-electron chi connectivity index (χ4n) is 4.17. The number of alkyl halides is 3. The number of ether oxygens (including phenoxy) is 1. The lowest BCUT2D eigenvalue weighted by atomic mass is 9.94. The van der Waals surface area contributed by atoms with Crippen LogP contribution in [0.25, 0.3) is 5.76 Å². The molecule has 1 heterocycles. The van der Waals surface area contributed by atoms with Crippen LogP contribution in [0.4, 0.5) is 18.9 Å². The molecule has 0 spiro atoms. The average molecular weight is 495 g/mol. The largest absolute Gasteiger partial charge is 0.507 e. The average Bonchev–Trinajstić information content (AvgIpc) is 3.12. The van der Waals surface area contributed by atoms with Gasteiger partial charge in [-0.15, -0.1) is 0 Å². The molecule has 1 atom stereocenters. The molecule has 1 unspecified atom stereocenters. The predicted octanol–water partition coefficient (Wildman–Crippen LogP) is 6.43. The number of anilines is 1. The smallest absolute Gasteiger partial charge is 0.416 e. The van der Waals surface area contributed by atoms with Gasteiger partial charge in [0, 0.05) is 11.3 Å². The van der Waals surface area contributed by atoms with Crippen molar-refractivity contribution in [3.05, 3.63) is 101 Å². The summed E-state index contributed by atoms with van der Waals surface area (Å²) in [6.45, 7) is 4.25. The number of aryl methyl sites for hydroxylation is 1. The number of hydrogen-bond donors (Lipinski definition) is 1. The zero-order valence-corrected chi connectivity index (χ0v) is 19.7. The van der Waals surface area contributed by atoms with E-state index in [4.69, 9.17) is 4.74 Å². The Morgan fingerprint density at radius 3 is 2.33 bits per heavy atom. The monoisotopic (exact) mass is 495 g/mol. The summed E-state index contributed by atoms with van der Waals surface area (Å²) < 4.78 is 44.9. The molecule has 0 bridgehead atoms. The molecule has 0 aliphatic carbocycles. The van der Waals surface area contributed by atoms with Crippen molar-refractivity contribution in [2.24, 2.45) is 0 Å². The van der Waals surface area contributed by atoms with Gasteiger partial charge in [-0.2, -0.15) is 13.2 Å². The first-order valence-electron chi connectivity index (χ1n) is 11.4. The van der Waals surface area contributed by atoms with Crippen LogP contribution in [0.5, 0.6) is 5.75 Å². The maximum absolute atomic E-state index is 13.2. The standard InChI is InChI=1S/C28H24F3NO4/c1-3-14-36-22-9-5-8-19(16-22)25(33)23-24(18-7-4-6-17(2)15-18)32(27(35)26(23)34)21-12-10-20(11-13-21)28(29,30)31/h4-13,15-16,24,33H,3,14H2,1-2H3/b25-23+. The second-order valence-electron chi connectivity index (χ2n) is 8.50. The lowest BCUT2D eigenvalue weighted by Crippen LogP contribution is -2.29. The van der Waals surface area contributed by atoms with Crippen molar-refractivity contribution >= 4 is 23.1 Å². The lowest BCUT2D eigenvalue weighted by molar-refractivity contribution is -0.137. The molecule has 0 radical (unpaired) electrons. The van der Waals surface area contributed by atoms with E-state index >= 15 is 0 Å². The summed E-state index contributed by atoms with van der Waals surface area (Å²) in [6.07, 6.45) is -3.77. The van der Waals surface area contributed by atoms with Gasteiger partial charge in [0.25, 0.3) is 11.7 Å². The minimum absolute atomic E-state index is 0.107. The maximum atomic E-state index is 13.2. The topological polar surface area (TPSA) is 66.8 Å². The Morgan fingerprint density at radius 2 is 1.69 bits per heavy atom. The molecule has 0 aromatic heterocycles. The predicted molar refractivity (Wildman–Crippen MR) is 130 cm³/mol. The van der Waals surface area contributed by atoms with Crippen LogP contribution < -0.4 is 9.64 Å². The third kappa shape index (κ3) is 4.84. The molecule has 1 aliphatic heterocycles. The number of benzene rings is 3. The number of nitrogens with zero attached hydrogens (tertiary/aromatic N) is 1. The number of halogens is 3. The Balaban J connectivity index is 1.87. The Bertz CT molecular complexity index is 1330. The first kappa shape index (κ1) is 25.0. The lowest BCUT2D eigenvalue weighted by Gasteiger charge is -2.26. The SMILES string of the molecule is CCCOc1cccc(/C(O)=C2\C(=O)C(=O)N(c3ccc(C(F)(F)F)cc3)C2c2cccc(C)c2)c1. The number of carbonyl (C=O) groups is 2. The van der Waals surface area contributed by atoms with Crippen LogP contribution in [-0.2, 0) is 15.8 Å². The van der Waals surface area contributed by atoms with E-state index in [1.54, 1.807) is 42.5 Å². The molecule has 0 saturated carbocycles. The molecule has 1 saturated heterocycles. The van der Waals surface area contributed by atoms with Gasteiger partial charge in [-0.3, -0.25) is 14.5 Å². The number of amides is 1. The highest BCUT2D eigenvalue weighted by molar-refractivity contribution is 6.51. The number of carbonyl (C=O) groups excluding carboxylic acids is 2. The highest BCUT2D eigenvalue weighted by atomic mass is 19.4. The van der Waals surface area contributed by atoms with Gasteiger partial charge in [-0.05, 0) is 55.3 Å². The Kier molecular flexibility index (Phi) is 6.88. The molecule has 4 rings (SSSR count). The number of Topliss-reactive ketones (excluding diaryl/α,β-unsaturated/α-hetero) is 1. The molecule has 8 heteroatoms. The number of hydrogen-bond acceptors (Lipinski definition) is 4. The molecule has 186 valence electrons. The molecular weight excluding hydrogens is 471 g/mol. The summed E-state index contributed by atoms with van der Waals surface area (Å²) in [4.78, 5) is 27.6. The first-order valence-corrected chi connectivity index (χ1v) is 11.4. The van der Waals surface area contributed by atoms with Crippen molar-refractivity contribution in [2.45, 2.75) is 32.5 Å². The summed E-state index contributed by atoms with van der Waals surface area (Å²) in [7, 11) is 0. The fraction of sp³-hybridized carbons (Fsp3) is 0.214. The van der Waals surface area contributed by atoms with E-state index in [2.05, 4.69) is 0 Å². The fourth-order valence-corrected chi connectivity index (χ4v) is 4.17. The summed E-state index contributed by atoms with van der Waals surface area (Å²) in [5.74, 6) is -1.78. The van der Waals surface area contributed by atoms with Crippen molar-refractivity contribution < 1.29 is 32.6 Å². The summed E-state index contributed by atoms with van der Waals surface area (Å²) in [6, 6.07) is 16.6. The first-order chi connectivity index (χ1) is 17.1. The molecule has 1 aliphatic rings. The Hall–Kier alpha value is -4.07. The van der Waals surface area contributed by atoms with E-state index in [0.29, 0.717) is 17.9 Å². The van der Waals surface area contributed by atoms with Gasteiger partial charge in [-0.25, -0.2) is 0 Å². The number of rotatable bonds is 6. The van der Waals surface area contributed by atoms with E-state index < -0.39 is 35.2 Å². The second-order valence-corrected chi connectivity index (χ2v) is 8.50. The van der Waals surface area contributed by atoms with E-state index in [-0.39, 0.29) is 16.8 Å². The minimum Gasteiger partial charge on any atom is -0.507 e. The van der Waals surface area contributed by atoms with Gasteiger partial charge in [0.1, 0.15) is 11.5 Å². The van der Waals surface area contributed by atoms with Gasteiger partial charge in [0.05, 0.1) is 23.8 Å². The number of ketones is 1. The van der Waals surface area contributed by atoms with Gasteiger partial charge in [0.15, 0.2) is 0 Å².